The first-order valence-electron chi connectivity index (χ1n) is 54.5. The van der Waals surface area contributed by atoms with Gasteiger partial charge in [0, 0.05) is 33.6 Å². The maximum absolute atomic E-state index is 13.7. The fourth-order valence-corrected chi connectivity index (χ4v) is 20.5. The second kappa shape index (κ2) is 67.8. The summed E-state index contributed by atoms with van der Waals surface area (Å²) in [5, 5.41) is 284. The van der Waals surface area contributed by atoms with E-state index in [1.165, 1.54) is 161 Å². The molecule has 0 aromatic rings. The molecule has 49 nitrogen and oxygen atoms in total. The molecular weight excluding hydrogens is 1990 g/mol. The number of rotatable bonds is 69. The van der Waals surface area contributed by atoms with Gasteiger partial charge in [-0.05, 0) is 26.2 Å². The van der Waals surface area contributed by atoms with Gasteiger partial charge in [-0.2, -0.15) is 0 Å². The number of hydrogen-bond donors (Lipinski definition) is 28. The molecule has 0 spiro atoms. The molecule has 49 heteroatoms. The van der Waals surface area contributed by atoms with Gasteiger partial charge < -0.3 is 220 Å². The van der Waals surface area contributed by atoms with Crippen LogP contribution in [0.2, 0.25) is 0 Å². The highest BCUT2D eigenvalue weighted by Gasteiger charge is 2.64. The van der Waals surface area contributed by atoms with Crippen LogP contribution in [0.4, 0.5) is 0 Å². The summed E-state index contributed by atoms with van der Waals surface area (Å²) in [6.07, 6.45) is -37.3. The average Bonchev–Trinajstić information content (AvgIpc) is 0.752. The molecular formula is C101H180N4O45. The number of aliphatic hydroxyl groups excluding tert-OH is 23. The summed E-state index contributed by atoms with van der Waals surface area (Å²) in [4.78, 5) is 66.4. The second-order valence-electron chi connectivity index (χ2n) is 41.2. The van der Waals surface area contributed by atoms with Crippen molar-refractivity contribution < 1.29 is 222 Å². The van der Waals surface area contributed by atoms with E-state index in [4.69, 9.17) is 75.8 Å². The Hall–Kier alpha value is -4.47. The van der Waals surface area contributed by atoms with E-state index in [0.29, 0.717) is 12.8 Å². The molecule has 0 aliphatic carbocycles. The molecule has 874 valence electrons. The Labute approximate surface area is 876 Å². The monoisotopic (exact) mass is 2170 g/mol. The lowest BCUT2D eigenvalue weighted by atomic mass is 9.88. The quantitative estimate of drug-likeness (QED) is 0.0210. The van der Waals surface area contributed by atoms with Gasteiger partial charge in [0.25, 0.3) is 5.79 Å². The van der Waals surface area contributed by atoms with Gasteiger partial charge >= 0.3 is 5.97 Å². The van der Waals surface area contributed by atoms with Gasteiger partial charge in [0.05, 0.1) is 83.3 Å². The summed E-state index contributed by atoms with van der Waals surface area (Å²) in [6.45, 7) is -0.284. The minimum atomic E-state index is -3.32. The number of aliphatic carboxylic acids is 1. The molecule has 8 saturated heterocycles. The van der Waals surface area contributed by atoms with Crippen molar-refractivity contribution in [1.82, 2.24) is 21.3 Å². The summed E-state index contributed by atoms with van der Waals surface area (Å²) < 4.78 is 97.2. The molecule has 0 aromatic heterocycles. The molecule has 4 amide bonds. The maximum atomic E-state index is 13.7. The van der Waals surface area contributed by atoms with E-state index in [-0.39, 0.29) is 12.3 Å². The van der Waals surface area contributed by atoms with E-state index in [1.54, 1.807) is 6.08 Å². The number of carbonyl (C=O) groups excluding carboxylic acids is 4. The van der Waals surface area contributed by atoms with Crippen LogP contribution in [0.5, 0.6) is 0 Å². The van der Waals surface area contributed by atoms with E-state index in [0.717, 1.165) is 78.6 Å². The molecule has 0 aromatic carbocycles. The van der Waals surface area contributed by atoms with Crippen molar-refractivity contribution in [2.24, 2.45) is 0 Å². The fourth-order valence-electron chi connectivity index (χ4n) is 20.5. The van der Waals surface area contributed by atoms with E-state index in [2.05, 4.69) is 35.1 Å². The number of hydrogen-bond acceptors (Lipinski definition) is 44. The minimum absolute atomic E-state index is 0.135. The fraction of sp³-hybridized carbons (Fsp3) is 0.931. The smallest absolute Gasteiger partial charge is 0.364 e. The van der Waals surface area contributed by atoms with Gasteiger partial charge in [-0.3, -0.25) is 19.2 Å². The van der Waals surface area contributed by atoms with Crippen LogP contribution in [0.3, 0.4) is 0 Å². The Morgan fingerprint density at radius 2 is 0.720 bits per heavy atom. The van der Waals surface area contributed by atoms with E-state index < -0.39 is 346 Å². The Kier molecular flexibility index (Phi) is 59.1. The van der Waals surface area contributed by atoms with Crippen LogP contribution >= 0.6 is 0 Å². The molecule has 28 N–H and O–H groups in total. The third-order valence-electron chi connectivity index (χ3n) is 29.3. The van der Waals surface area contributed by atoms with Crippen LogP contribution in [0, 0.1) is 0 Å². The second-order valence-corrected chi connectivity index (χ2v) is 41.2. The van der Waals surface area contributed by atoms with E-state index in [1.807, 2.05) is 6.08 Å². The lowest BCUT2D eigenvalue weighted by Crippen LogP contribution is -2.72. The summed E-state index contributed by atoms with van der Waals surface area (Å²) in [5.74, 6) is -8.75. The zero-order valence-electron chi connectivity index (χ0n) is 87.5. The molecule has 8 fully saturated rings. The molecule has 16 unspecified atom stereocenters. The first kappa shape index (κ1) is 131. The highest BCUT2D eigenvalue weighted by molar-refractivity contribution is 5.77. The zero-order valence-corrected chi connectivity index (χ0v) is 87.5. The molecule has 43 atom stereocenters. The summed E-state index contributed by atoms with van der Waals surface area (Å²) in [6, 6.07) is -7.02. The van der Waals surface area contributed by atoms with Gasteiger partial charge in [-0.1, -0.05) is 231 Å². The number of unbranched alkanes of at least 4 members (excludes halogenated alkanes) is 33. The van der Waals surface area contributed by atoms with Crippen molar-refractivity contribution in [3.8, 4) is 0 Å². The predicted molar refractivity (Wildman–Crippen MR) is 523 cm³/mol. The van der Waals surface area contributed by atoms with Crippen molar-refractivity contribution in [2.45, 2.75) is 542 Å². The standard InChI is InChI=1S/C101H180N4O45/c1-7-9-11-13-15-17-19-21-22-23-24-25-26-27-28-29-30-32-34-36-38-40-42-44-68(119)105-58(59(116)43-41-39-37-35-33-31-20-18-16-14-12-10-8-2)53-135-95-82(130)80(128)86(67(52-112)142-95)143-97-83(131)89(75(123)63(48-108)138-97)146-93-70(103-56(5)114)78(126)85(66(51-111)141-93)144-99-92(148-96-81(129)79(127)72(120)54(3)136-96)91(77(125)65(50-110)140-99)147-94-71(104-57(6)115)87(74(122)62(47-107)137-94)145-98-84(132)90(76(124)64(49-109)139-98)150-101(100(133)134)45-60(117)69(102-55(4)113)88(149-101)73(121)61(118)46-106/h41,43,54,58-67,69-99,106-112,116-118,120-132H,7-40,42,44-53H2,1-6H3,(H,102,113)(H,103,114)(H,104,115)(H,105,119)(H,133,134)/b43-41+/t54?,58-,59+,60?,61+,62?,63?,64?,65?,66?,67?,69+,70?,71?,72+,73+,74-,75-,76-,77-,78+,79?,80+,81-,82?,83?,84?,85+,86+,87+,88?,89-,90-,91-,92?,93-,94+,95+,96+,97-,98-,99-,101-/m0/s1. The third kappa shape index (κ3) is 38.4. The first-order valence-corrected chi connectivity index (χ1v) is 54.5. The number of carboxylic acids is 1. The number of aliphatic hydroxyl groups is 23. The van der Waals surface area contributed by atoms with Crippen molar-refractivity contribution in [1.29, 1.82) is 0 Å². The Morgan fingerprint density at radius 1 is 0.360 bits per heavy atom. The molecule has 0 bridgehead atoms. The Balaban J connectivity index is 0.960. The normalized spacial score (nSPS) is 37.4. The average molecular weight is 2170 g/mol. The highest BCUT2D eigenvalue weighted by Crippen LogP contribution is 2.43. The van der Waals surface area contributed by atoms with Crippen LogP contribution < -0.4 is 21.3 Å². The summed E-state index contributed by atoms with van der Waals surface area (Å²) in [5.41, 5.74) is 0. The summed E-state index contributed by atoms with van der Waals surface area (Å²) in [7, 11) is 0. The van der Waals surface area contributed by atoms with Gasteiger partial charge in [-0.25, -0.2) is 4.79 Å². The number of amides is 4. The molecule has 8 aliphatic heterocycles. The lowest BCUT2D eigenvalue weighted by molar-refractivity contribution is -0.406. The van der Waals surface area contributed by atoms with Crippen LogP contribution in [0.25, 0.3) is 0 Å². The highest BCUT2D eigenvalue weighted by atomic mass is 16.8. The van der Waals surface area contributed by atoms with Crippen molar-refractivity contribution in [3.63, 3.8) is 0 Å². The molecule has 150 heavy (non-hydrogen) atoms. The number of allylic oxidation sites excluding steroid dienone is 1. The zero-order chi connectivity index (χ0) is 110. The molecule has 0 radical (unpaired) electrons. The molecule has 8 heterocycles. The SMILES string of the molecule is CCCCCCCCCCCCC/C=C/[C@@H](O)[C@H](CO[C@@H]1OC(CO)[C@@H](O[C@@H]2OC(CO)[C@H](O)[C@H](O[C@@H]3OC(CO)[C@@H](O[C@@H]4OC(CO)[C@H](O)[C@H](O[C@H]5OC(CO)[C@H](O)[C@H](O[C@@H]6OC(CO)[C@H](O)[C@H](O[C@]7(C(=O)O)CC(O)[C@@H](NC(C)=O)C([C@H](O)[C@H](O)CO)O7)C6O)C5NC(C)=O)C4O[C@H]4OC(C)[C@@H](O)C(O)[C@@H]4O)[C@H](O)C3NC(C)=O)C2O)[C@H](O)C1O)NC(=O)CCCCCCCCCCCCCCCCCCCCCCCCC. The Morgan fingerprint density at radius 3 is 1.19 bits per heavy atom. The van der Waals surface area contributed by atoms with E-state index in [9.17, 15) is 147 Å². The van der Waals surface area contributed by atoms with Crippen molar-refractivity contribution >= 4 is 29.6 Å². The number of carboxylic acid groups (broad SMARTS) is 1. The summed E-state index contributed by atoms with van der Waals surface area (Å²) >= 11 is 0. The molecule has 8 aliphatic rings. The van der Waals surface area contributed by atoms with Crippen molar-refractivity contribution in [2.75, 3.05) is 52.9 Å². The number of carbonyl (C=O) groups is 5. The van der Waals surface area contributed by atoms with Crippen LogP contribution in [-0.4, -0.2) is 468 Å². The lowest BCUT2D eigenvalue weighted by Gasteiger charge is -2.52. The van der Waals surface area contributed by atoms with Gasteiger partial charge in [0.2, 0.25) is 23.6 Å². The Bertz CT molecular complexity index is 3780. The molecule has 8 rings (SSSR count). The van der Waals surface area contributed by atoms with Crippen molar-refractivity contribution in [3.05, 3.63) is 12.2 Å². The maximum Gasteiger partial charge on any atom is 0.364 e. The topological polar surface area (TPSA) is 767 Å². The minimum Gasteiger partial charge on any atom is -0.477 e. The number of nitrogens with one attached hydrogen (secondary N) is 4. The van der Waals surface area contributed by atoms with E-state index >= 15 is 0 Å². The van der Waals surface area contributed by atoms with Gasteiger partial charge in [-0.15, -0.1) is 0 Å². The van der Waals surface area contributed by atoms with Gasteiger partial charge in [0.15, 0.2) is 44.0 Å². The van der Waals surface area contributed by atoms with Gasteiger partial charge in [0.1, 0.15) is 183 Å². The van der Waals surface area contributed by atoms with Crippen LogP contribution in [0.15, 0.2) is 12.2 Å². The first-order chi connectivity index (χ1) is 71.8. The largest absolute Gasteiger partial charge is 0.477 e. The van der Waals surface area contributed by atoms with Crippen LogP contribution in [0.1, 0.15) is 279 Å². The number of ether oxygens (including phenoxy) is 16. The molecule has 0 saturated carbocycles. The third-order valence-corrected chi connectivity index (χ3v) is 29.3. The van der Waals surface area contributed by atoms with Crippen LogP contribution in [-0.2, 0) is 99.8 Å². The predicted octanol–water partition coefficient (Wildman–Crippen LogP) is -3.28.